The molecule has 1 fully saturated rings. The molecule has 1 aromatic rings. The van der Waals surface area contributed by atoms with Gasteiger partial charge in [0, 0.05) is 12.5 Å². The van der Waals surface area contributed by atoms with E-state index in [-0.39, 0.29) is 18.4 Å². The molecule has 1 saturated heterocycles. The summed E-state index contributed by atoms with van der Waals surface area (Å²) in [6, 6.07) is 8.94. The molecule has 0 amide bonds. The molecule has 0 aromatic heterocycles. The number of hydrogen-bond acceptors (Lipinski definition) is 4. The first kappa shape index (κ1) is 20.9. The molecule has 1 aromatic carbocycles. The molecule has 0 saturated carbocycles. The van der Waals surface area contributed by atoms with Crippen molar-refractivity contribution in [3.63, 3.8) is 0 Å². The lowest BCUT2D eigenvalue weighted by Crippen LogP contribution is -2.49. The van der Waals surface area contributed by atoms with Crippen LogP contribution < -0.4 is 0 Å². The second-order valence-electron chi connectivity index (χ2n) is 7.87. The minimum atomic E-state index is -3.65. The van der Waals surface area contributed by atoms with Crippen molar-refractivity contribution in [1.82, 2.24) is 4.31 Å². The van der Waals surface area contributed by atoms with Crippen LogP contribution in [-0.4, -0.2) is 42.6 Å². The van der Waals surface area contributed by atoms with E-state index in [2.05, 4.69) is 6.92 Å². The molecule has 0 unspecified atom stereocenters. The summed E-state index contributed by atoms with van der Waals surface area (Å²) in [4.78, 5) is 12.8. The molecule has 0 radical (unpaired) electrons. The fourth-order valence-electron chi connectivity index (χ4n) is 3.76. The number of sulfonamides is 1. The van der Waals surface area contributed by atoms with Gasteiger partial charge in [-0.3, -0.25) is 4.79 Å². The van der Waals surface area contributed by atoms with Gasteiger partial charge in [-0.2, -0.15) is 4.31 Å². The van der Waals surface area contributed by atoms with Crippen LogP contribution in [-0.2, 0) is 19.6 Å². The maximum Gasteiger partial charge on any atom is 0.325 e. The summed E-state index contributed by atoms with van der Waals surface area (Å²) < 4.78 is 32.2. The zero-order valence-corrected chi connectivity index (χ0v) is 17.3. The van der Waals surface area contributed by atoms with Gasteiger partial charge in [0.2, 0.25) is 10.0 Å². The second kappa shape index (κ2) is 8.09. The molecule has 0 bridgehead atoms. The van der Waals surface area contributed by atoms with Gasteiger partial charge < -0.3 is 4.74 Å². The first-order valence-corrected chi connectivity index (χ1v) is 10.8. The minimum absolute atomic E-state index is 0.0916. The van der Waals surface area contributed by atoms with Gasteiger partial charge in [0.1, 0.15) is 6.04 Å². The number of rotatable bonds is 6. The highest BCUT2D eigenvalue weighted by Gasteiger charge is 2.53. The molecule has 1 heterocycles. The molecule has 6 heteroatoms. The zero-order valence-electron chi connectivity index (χ0n) is 16.4. The Morgan fingerprint density at radius 1 is 1.19 bits per heavy atom. The lowest BCUT2D eigenvalue weighted by molar-refractivity contribution is -0.147. The van der Waals surface area contributed by atoms with Gasteiger partial charge in [0.05, 0.1) is 11.4 Å². The van der Waals surface area contributed by atoms with Gasteiger partial charge in [0.25, 0.3) is 0 Å². The fourth-order valence-corrected chi connectivity index (χ4v) is 5.37. The Hall–Kier alpha value is -1.40. The predicted octanol–water partition coefficient (Wildman–Crippen LogP) is 3.56. The van der Waals surface area contributed by atoms with Crippen LogP contribution in [0.2, 0.25) is 0 Å². The van der Waals surface area contributed by atoms with Crippen molar-refractivity contribution in [1.29, 1.82) is 0 Å². The standard InChI is InChI=1S/C20H31NO4S/c1-6-11-16-14-21(26(23,24)20(3,4)5)18(19(22)25-7-2)17(16)15-12-9-8-10-13-15/h8-10,12-13,16-18H,6-7,11,14H2,1-5H3/t16-,17-,18+/m1/s1. The van der Waals surface area contributed by atoms with Crippen LogP contribution in [0.3, 0.4) is 0 Å². The van der Waals surface area contributed by atoms with Crippen molar-refractivity contribution in [2.75, 3.05) is 13.2 Å². The van der Waals surface area contributed by atoms with Gasteiger partial charge in [0.15, 0.2) is 0 Å². The SMILES string of the molecule is CCC[C@@H]1CN(S(=O)(=O)C(C)(C)C)[C@H](C(=O)OCC)[C@@H]1c1ccccc1. The Kier molecular flexibility index (Phi) is 6.51. The zero-order chi connectivity index (χ0) is 19.5. The van der Waals surface area contributed by atoms with Crippen molar-refractivity contribution >= 4 is 16.0 Å². The first-order valence-electron chi connectivity index (χ1n) is 9.38. The number of ether oxygens (including phenoxy) is 1. The van der Waals surface area contributed by atoms with Crippen LogP contribution >= 0.6 is 0 Å². The maximum atomic E-state index is 13.2. The third-order valence-electron chi connectivity index (χ3n) is 5.03. The summed E-state index contributed by atoms with van der Waals surface area (Å²) in [6.45, 7) is 9.45. The molecule has 3 atom stereocenters. The molecule has 0 spiro atoms. The highest BCUT2D eigenvalue weighted by molar-refractivity contribution is 7.90. The average molecular weight is 382 g/mol. The van der Waals surface area contributed by atoms with Crippen LogP contribution in [0.1, 0.15) is 58.9 Å². The van der Waals surface area contributed by atoms with Crippen LogP contribution in [0.5, 0.6) is 0 Å². The van der Waals surface area contributed by atoms with E-state index in [0.29, 0.717) is 6.54 Å². The van der Waals surface area contributed by atoms with Crippen molar-refractivity contribution in [3.05, 3.63) is 35.9 Å². The first-order chi connectivity index (χ1) is 12.1. The predicted molar refractivity (Wildman–Crippen MR) is 103 cm³/mol. The lowest BCUT2D eigenvalue weighted by atomic mass is 9.82. The molecule has 0 N–H and O–H groups in total. The molecule has 26 heavy (non-hydrogen) atoms. The number of carbonyl (C=O) groups is 1. The largest absolute Gasteiger partial charge is 0.465 e. The lowest BCUT2D eigenvalue weighted by Gasteiger charge is -2.31. The monoisotopic (exact) mass is 381 g/mol. The van der Waals surface area contributed by atoms with E-state index >= 15 is 0 Å². The normalized spacial score (nSPS) is 24.6. The fraction of sp³-hybridized carbons (Fsp3) is 0.650. The van der Waals surface area contributed by atoms with Gasteiger partial charge in [-0.1, -0.05) is 43.7 Å². The van der Waals surface area contributed by atoms with Gasteiger partial charge in [-0.15, -0.1) is 0 Å². The maximum absolute atomic E-state index is 13.2. The number of hydrogen-bond donors (Lipinski definition) is 0. The Morgan fingerprint density at radius 2 is 1.81 bits per heavy atom. The van der Waals surface area contributed by atoms with Gasteiger partial charge in [-0.05, 0) is 45.6 Å². The Bertz CT molecular complexity index is 709. The Balaban J connectivity index is 2.57. The van der Waals surface area contributed by atoms with Crippen molar-refractivity contribution in [3.8, 4) is 0 Å². The Labute approximate surface area is 157 Å². The second-order valence-corrected chi connectivity index (χ2v) is 10.5. The highest BCUT2D eigenvalue weighted by atomic mass is 32.2. The van der Waals surface area contributed by atoms with E-state index in [9.17, 15) is 13.2 Å². The average Bonchev–Trinajstić information content (AvgIpc) is 2.95. The smallest absolute Gasteiger partial charge is 0.325 e. The van der Waals surface area contributed by atoms with Gasteiger partial charge in [-0.25, -0.2) is 8.42 Å². The third kappa shape index (κ3) is 3.96. The van der Waals surface area contributed by atoms with E-state index in [4.69, 9.17) is 4.74 Å². The van der Waals surface area contributed by atoms with E-state index in [1.165, 1.54) is 4.31 Å². The van der Waals surface area contributed by atoms with Crippen LogP contribution in [0.25, 0.3) is 0 Å². The topological polar surface area (TPSA) is 63.7 Å². The van der Waals surface area contributed by atoms with E-state index in [1.54, 1.807) is 27.7 Å². The molecule has 0 aliphatic carbocycles. The summed E-state index contributed by atoms with van der Waals surface area (Å²) in [5.41, 5.74) is 0.996. The summed E-state index contributed by atoms with van der Waals surface area (Å²) in [5.74, 6) is -0.547. The molecule has 146 valence electrons. The minimum Gasteiger partial charge on any atom is -0.465 e. The molecule has 5 nitrogen and oxygen atoms in total. The summed E-state index contributed by atoms with van der Waals surface area (Å²) in [5, 5.41) is 0. The van der Waals surface area contributed by atoms with Crippen LogP contribution in [0, 0.1) is 5.92 Å². The summed E-state index contributed by atoms with van der Waals surface area (Å²) in [6.07, 6.45) is 1.80. The number of carbonyl (C=O) groups excluding carboxylic acids is 1. The van der Waals surface area contributed by atoms with Crippen molar-refractivity contribution in [2.24, 2.45) is 5.92 Å². The quantitative estimate of drug-likeness (QED) is 0.707. The molecule has 1 aliphatic rings. The van der Waals surface area contributed by atoms with Crippen molar-refractivity contribution in [2.45, 2.75) is 64.2 Å². The summed E-state index contributed by atoms with van der Waals surface area (Å²) >= 11 is 0. The number of esters is 1. The van der Waals surface area contributed by atoms with E-state index in [1.807, 2.05) is 30.3 Å². The van der Waals surface area contributed by atoms with Crippen LogP contribution in [0.15, 0.2) is 30.3 Å². The highest BCUT2D eigenvalue weighted by Crippen LogP contribution is 2.44. The number of benzene rings is 1. The molecule has 2 rings (SSSR count). The molecular formula is C20H31NO4S. The Morgan fingerprint density at radius 3 is 2.31 bits per heavy atom. The van der Waals surface area contributed by atoms with Crippen LogP contribution in [0.4, 0.5) is 0 Å². The summed E-state index contributed by atoms with van der Waals surface area (Å²) in [7, 11) is -3.65. The van der Waals surface area contributed by atoms with Crippen molar-refractivity contribution < 1.29 is 17.9 Å². The van der Waals surface area contributed by atoms with E-state index in [0.717, 1.165) is 18.4 Å². The van der Waals surface area contributed by atoms with Gasteiger partial charge >= 0.3 is 5.97 Å². The van der Waals surface area contributed by atoms with E-state index < -0.39 is 26.8 Å². The molecular weight excluding hydrogens is 350 g/mol. The third-order valence-corrected chi connectivity index (χ3v) is 7.57. The molecule has 1 aliphatic heterocycles. The number of nitrogens with zero attached hydrogens (tertiary/aromatic N) is 1.